The molecule has 1 aromatic carbocycles. The van der Waals surface area contributed by atoms with Gasteiger partial charge in [0, 0.05) is 0 Å². The standard InChI is InChI=1S/C17H20N2O6/c1-3-24-15(21)10-18-13-9-14(20)19(16(13)22)12-7-5-11(6-8-12)17(23)25-4-2/h5-8,13,18H,3-4,9-10H2,1-2H3/p+1/t13-/m0/s1. The number of imide groups is 1. The molecule has 8 heteroatoms. The molecule has 0 spiro atoms. The Hall–Kier alpha value is -2.74. The first-order valence-electron chi connectivity index (χ1n) is 8.10. The predicted octanol–water partition coefficient (Wildman–Crippen LogP) is -0.378. The minimum atomic E-state index is -0.651. The SMILES string of the molecule is CCOC(=O)C[NH2+][C@H]1CC(=O)N(c2ccc(C(=O)OCC)cc2)C1=O. The van der Waals surface area contributed by atoms with E-state index in [1.54, 1.807) is 13.8 Å². The third kappa shape index (κ3) is 4.42. The lowest BCUT2D eigenvalue weighted by atomic mass is 10.2. The zero-order valence-electron chi connectivity index (χ0n) is 14.2. The van der Waals surface area contributed by atoms with Crippen molar-refractivity contribution in [1.29, 1.82) is 0 Å². The first-order chi connectivity index (χ1) is 12.0. The van der Waals surface area contributed by atoms with E-state index < -0.39 is 23.9 Å². The molecule has 1 heterocycles. The molecule has 1 saturated heterocycles. The number of hydrogen-bond acceptors (Lipinski definition) is 6. The van der Waals surface area contributed by atoms with E-state index in [0.717, 1.165) is 4.90 Å². The summed E-state index contributed by atoms with van der Waals surface area (Å²) in [6.45, 7) is 3.92. The molecule has 0 aliphatic carbocycles. The maximum absolute atomic E-state index is 12.4. The summed E-state index contributed by atoms with van der Waals surface area (Å²) in [5.74, 6) is -1.63. The van der Waals surface area contributed by atoms with Crippen molar-refractivity contribution in [3.63, 3.8) is 0 Å². The minimum Gasteiger partial charge on any atom is -0.462 e. The Bertz CT molecular complexity index is 670. The van der Waals surface area contributed by atoms with E-state index in [0.29, 0.717) is 11.3 Å². The summed E-state index contributed by atoms with van der Waals surface area (Å²) in [6.07, 6.45) is 0.0118. The number of nitrogens with zero attached hydrogens (tertiary/aromatic N) is 1. The highest BCUT2D eigenvalue weighted by Gasteiger charge is 2.42. The number of ether oxygens (including phenoxy) is 2. The molecule has 2 rings (SSSR count). The smallest absolute Gasteiger partial charge is 0.361 e. The summed E-state index contributed by atoms with van der Waals surface area (Å²) in [5.41, 5.74) is 0.727. The zero-order chi connectivity index (χ0) is 18.4. The fraction of sp³-hybridized carbons (Fsp3) is 0.412. The number of anilines is 1. The highest BCUT2D eigenvalue weighted by Crippen LogP contribution is 2.22. The third-order valence-electron chi connectivity index (χ3n) is 3.69. The lowest BCUT2D eigenvalue weighted by Crippen LogP contribution is -2.93. The molecular weight excluding hydrogens is 328 g/mol. The molecule has 1 aliphatic heterocycles. The lowest BCUT2D eigenvalue weighted by molar-refractivity contribution is -0.665. The van der Waals surface area contributed by atoms with Crippen molar-refractivity contribution >= 4 is 29.4 Å². The van der Waals surface area contributed by atoms with E-state index in [-0.39, 0.29) is 32.1 Å². The van der Waals surface area contributed by atoms with Gasteiger partial charge in [-0.05, 0) is 38.1 Å². The van der Waals surface area contributed by atoms with Crippen LogP contribution in [0, 0.1) is 0 Å². The van der Waals surface area contributed by atoms with Crippen molar-refractivity contribution in [2.75, 3.05) is 24.7 Å². The summed E-state index contributed by atoms with van der Waals surface area (Å²) >= 11 is 0. The van der Waals surface area contributed by atoms with Gasteiger partial charge in [0.15, 0.2) is 12.6 Å². The number of quaternary nitrogens is 1. The predicted molar refractivity (Wildman–Crippen MR) is 86.7 cm³/mol. The molecule has 0 bridgehead atoms. The Morgan fingerprint density at radius 1 is 1.12 bits per heavy atom. The highest BCUT2D eigenvalue weighted by atomic mass is 16.5. The van der Waals surface area contributed by atoms with E-state index in [1.165, 1.54) is 29.6 Å². The van der Waals surface area contributed by atoms with Crippen LogP contribution in [0.4, 0.5) is 5.69 Å². The summed E-state index contributed by atoms with van der Waals surface area (Å²) in [5, 5.41) is 1.51. The Labute approximate surface area is 145 Å². The van der Waals surface area contributed by atoms with Crippen LogP contribution in [0.25, 0.3) is 0 Å². The molecule has 2 amide bonds. The van der Waals surface area contributed by atoms with Crippen LogP contribution in [0.5, 0.6) is 0 Å². The Morgan fingerprint density at radius 3 is 2.36 bits per heavy atom. The van der Waals surface area contributed by atoms with Crippen LogP contribution in [0.3, 0.4) is 0 Å². The van der Waals surface area contributed by atoms with Crippen molar-refractivity contribution in [2.45, 2.75) is 26.3 Å². The molecule has 134 valence electrons. The Kier molecular flexibility index (Phi) is 6.24. The lowest BCUT2D eigenvalue weighted by Gasteiger charge is -2.14. The molecule has 8 nitrogen and oxygen atoms in total. The van der Waals surface area contributed by atoms with Crippen molar-refractivity contribution < 1.29 is 34.0 Å². The number of esters is 2. The second kappa shape index (κ2) is 8.39. The number of benzene rings is 1. The minimum absolute atomic E-state index is 0.0118. The van der Waals surface area contributed by atoms with Gasteiger partial charge in [-0.3, -0.25) is 9.59 Å². The molecule has 25 heavy (non-hydrogen) atoms. The van der Waals surface area contributed by atoms with E-state index in [4.69, 9.17) is 9.47 Å². The van der Waals surface area contributed by atoms with Gasteiger partial charge in [0.1, 0.15) is 0 Å². The normalized spacial score (nSPS) is 16.9. The second-order valence-electron chi connectivity index (χ2n) is 5.39. The van der Waals surface area contributed by atoms with Gasteiger partial charge in [0.05, 0.1) is 30.9 Å². The van der Waals surface area contributed by atoms with Crippen molar-refractivity contribution in [1.82, 2.24) is 0 Å². The van der Waals surface area contributed by atoms with Crippen LogP contribution >= 0.6 is 0 Å². The van der Waals surface area contributed by atoms with Gasteiger partial charge in [-0.15, -0.1) is 0 Å². The fourth-order valence-corrected chi connectivity index (χ4v) is 2.53. The highest BCUT2D eigenvalue weighted by molar-refractivity contribution is 6.21. The zero-order valence-corrected chi connectivity index (χ0v) is 14.2. The number of nitrogens with two attached hydrogens (primary N) is 1. The van der Waals surface area contributed by atoms with Crippen molar-refractivity contribution in [3.05, 3.63) is 29.8 Å². The topological polar surface area (TPSA) is 107 Å². The first kappa shape index (κ1) is 18.6. The van der Waals surface area contributed by atoms with Gasteiger partial charge in [-0.2, -0.15) is 0 Å². The van der Waals surface area contributed by atoms with Gasteiger partial charge in [0.2, 0.25) is 5.91 Å². The average molecular weight is 349 g/mol. The van der Waals surface area contributed by atoms with Crippen LogP contribution in [0.15, 0.2) is 24.3 Å². The second-order valence-corrected chi connectivity index (χ2v) is 5.39. The maximum Gasteiger partial charge on any atom is 0.361 e. The van der Waals surface area contributed by atoms with Crippen molar-refractivity contribution in [2.24, 2.45) is 0 Å². The van der Waals surface area contributed by atoms with E-state index >= 15 is 0 Å². The number of carbonyl (C=O) groups is 4. The molecule has 0 aromatic heterocycles. The van der Waals surface area contributed by atoms with Gasteiger partial charge < -0.3 is 14.8 Å². The molecule has 2 N–H and O–H groups in total. The monoisotopic (exact) mass is 349 g/mol. The van der Waals surface area contributed by atoms with Crippen LogP contribution in [0.2, 0.25) is 0 Å². The number of rotatable bonds is 7. The molecule has 1 atom stereocenters. The van der Waals surface area contributed by atoms with Gasteiger partial charge >= 0.3 is 11.9 Å². The van der Waals surface area contributed by atoms with E-state index in [2.05, 4.69) is 0 Å². The molecule has 1 fully saturated rings. The fourth-order valence-electron chi connectivity index (χ4n) is 2.53. The summed E-state index contributed by atoms with van der Waals surface area (Å²) < 4.78 is 9.70. The van der Waals surface area contributed by atoms with Crippen LogP contribution in [0.1, 0.15) is 30.6 Å². The molecule has 1 aromatic rings. The molecular formula is C17H21N2O6+. The van der Waals surface area contributed by atoms with E-state index in [9.17, 15) is 19.2 Å². The van der Waals surface area contributed by atoms with Gasteiger partial charge in [-0.25, -0.2) is 14.5 Å². The summed E-state index contributed by atoms with van der Waals surface area (Å²) in [7, 11) is 0. The van der Waals surface area contributed by atoms with Crippen molar-refractivity contribution in [3.8, 4) is 0 Å². The van der Waals surface area contributed by atoms with Gasteiger partial charge in [0.25, 0.3) is 5.91 Å². The first-order valence-corrected chi connectivity index (χ1v) is 8.10. The Morgan fingerprint density at radius 2 is 1.76 bits per heavy atom. The van der Waals surface area contributed by atoms with Crippen LogP contribution in [-0.2, 0) is 23.9 Å². The number of amides is 2. The number of hydrogen-bond donors (Lipinski definition) is 1. The quantitative estimate of drug-likeness (QED) is 0.531. The molecule has 0 radical (unpaired) electrons. The van der Waals surface area contributed by atoms with Gasteiger partial charge in [-0.1, -0.05) is 0 Å². The average Bonchev–Trinajstić information content (AvgIpc) is 2.87. The van der Waals surface area contributed by atoms with E-state index in [1.807, 2.05) is 0 Å². The summed E-state index contributed by atoms with van der Waals surface area (Å²) in [6, 6.07) is 5.40. The largest absolute Gasteiger partial charge is 0.462 e. The Balaban J connectivity index is 2.04. The van der Waals surface area contributed by atoms with Crippen LogP contribution in [-0.4, -0.2) is 49.6 Å². The number of carbonyl (C=O) groups excluding carboxylic acids is 4. The molecule has 0 unspecified atom stereocenters. The van der Waals surface area contributed by atoms with Crippen LogP contribution < -0.4 is 10.2 Å². The molecule has 1 aliphatic rings. The maximum atomic E-state index is 12.4. The summed E-state index contributed by atoms with van der Waals surface area (Å²) in [4.78, 5) is 48.7. The molecule has 0 saturated carbocycles. The third-order valence-corrected chi connectivity index (χ3v) is 3.69.